The van der Waals surface area contributed by atoms with Crippen molar-refractivity contribution in [3.8, 4) is 5.88 Å². The molecule has 5 nitrogen and oxygen atoms in total. The number of methoxy groups -OCH3 is 1. The summed E-state index contributed by atoms with van der Waals surface area (Å²) in [4.78, 5) is 12.4. The maximum Gasteiger partial charge on any atom is 0.258 e. The van der Waals surface area contributed by atoms with Crippen LogP contribution in [0.15, 0.2) is 0 Å². The minimum atomic E-state index is -0.0878. The van der Waals surface area contributed by atoms with Crippen molar-refractivity contribution in [1.82, 2.24) is 15.1 Å². The van der Waals surface area contributed by atoms with Crippen LogP contribution in [0.4, 0.5) is 0 Å². The molecule has 2 rings (SSSR count). The van der Waals surface area contributed by atoms with Crippen LogP contribution in [-0.4, -0.2) is 29.3 Å². The molecule has 1 amide bonds. The lowest BCUT2D eigenvalue weighted by molar-refractivity contribution is 0.0933. The van der Waals surface area contributed by atoms with Gasteiger partial charge in [-0.05, 0) is 31.1 Å². The van der Waals surface area contributed by atoms with E-state index in [1.807, 2.05) is 6.92 Å². The number of hydrogen-bond donors (Lipinski definition) is 1. The van der Waals surface area contributed by atoms with Crippen molar-refractivity contribution in [2.45, 2.75) is 40.0 Å². The Morgan fingerprint density at radius 3 is 2.80 bits per heavy atom. The highest BCUT2D eigenvalue weighted by Crippen LogP contribution is 2.42. The Hall–Kier alpha value is -1.52. The van der Waals surface area contributed by atoms with Gasteiger partial charge in [-0.3, -0.25) is 4.79 Å². The SMILES string of the molecule is COc1c(C(=O)NCC2CCCC2(C)C)c(C)nn1C. The highest BCUT2D eigenvalue weighted by Gasteiger charge is 2.34. The number of rotatable bonds is 4. The molecule has 1 aromatic rings. The molecule has 1 heterocycles. The molecule has 0 bridgehead atoms. The van der Waals surface area contributed by atoms with Crippen molar-refractivity contribution in [3.63, 3.8) is 0 Å². The van der Waals surface area contributed by atoms with E-state index in [1.54, 1.807) is 18.8 Å². The maximum absolute atomic E-state index is 12.4. The highest BCUT2D eigenvalue weighted by molar-refractivity contribution is 5.97. The second kappa shape index (κ2) is 5.46. The fourth-order valence-electron chi connectivity index (χ4n) is 3.21. The van der Waals surface area contributed by atoms with Gasteiger partial charge in [-0.25, -0.2) is 4.68 Å². The smallest absolute Gasteiger partial charge is 0.258 e. The Bertz CT molecular complexity index is 505. The molecule has 1 atom stereocenters. The van der Waals surface area contributed by atoms with Crippen LogP contribution in [0, 0.1) is 18.3 Å². The van der Waals surface area contributed by atoms with E-state index >= 15 is 0 Å². The molecule has 0 aromatic carbocycles. The summed E-state index contributed by atoms with van der Waals surface area (Å²) in [7, 11) is 3.34. The molecule has 1 N–H and O–H groups in total. The summed E-state index contributed by atoms with van der Waals surface area (Å²) >= 11 is 0. The highest BCUT2D eigenvalue weighted by atomic mass is 16.5. The molecule has 1 aliphatic rings. The van der Waals surface area contributed by atoms with Gasteiger partial charge in [-0.1, -0.05) is 20.3 Å². The number of aryl methyl sites for hydroxylation is 2. The third-order valence-electron chi connectivity index (χ3n) is 4.58. The normalized spacial score (nSPS) is 20.9. The van der Waals surface area contributed by atoms with Gasteiger partial charge >= 0.3 is 0 Å². The van der Waals surface area contributed by atoms with Crippen LogP contribution in [0.3, 0.4) is 0 Å². The number of nitrogens with zero attached hydrogens (tertiary/aromatic N) is 2. The molecule has 1 fully saturated rings. The Kier molecular flexibility index (Phi) is 4.06. The van der Waals surface area contributed by atoms with Gasteiger partial charge in [0.25, 0.3) is 5.91 Å². The molecule has 0 saturated heterocycles. The van der Waals surface area contributed by atoms with E-state index in [0.29, 0.717) is 28.5 Å². The van der Waals surface area contributed by atoms with Crippen LogP contribution in [0.5, 0.6) is 5.88 Å². The van der Waals surface area contributed by atoms with Gasteiger partial charge in [0.1, 0.15) is 5.56 Å². The predicted octanol–water partition coefficient (Wildman–Crippen LogP) is 2.29. The van der Waals surface area contributed by atoms with Gasteiger partial charge in [-0.15, -0.1) is 0 Å². The van der Waals surface area contributed by atoms with E-state index in [2.05, 4.69) is 24.3 Å². The summed E-state index contributed by atoms with van der Waals surface area (Å²) in [6.07, 6.45) is 3.68. The first-order chi connectivity index (χ1) is 9.36. The summed E-state index contributed by atoms with van der Waals surface area (Å²) in [6, 6.07) is 0. The number of ether oxygens (including phenoxy) is 1. The van der Waals surface area contributed by atoms with E-state index in [1.165, 1.54) is 19.3 Å². The fraction of sp³-hybridized carbons (Fsp3) is 0.733. The lowest BCUT2D eigenvalue weighted by atomic mass is 9.82. The molecule has 1 aromatic heterocycles. The van der Waals surface area contributed by atoms with Crippen molar-refractivity contribution in [1.29, 1.82) is 0 Å². The van der Waals surface area contributed by atoms with E-state index < -0.39 is 0 Å². The van der Waals surface area contributed by atoms with Crippen LogP contribution in [0.25, 0.3) is 0 Å². The monoisotopic (exact) mass is 279 g/mol. The number of aromatic nitrogens is 2. The zero-order valence-corrected chi connectivity index (χ0v) is 13.1. The number of hydrogen-bond acceptors (Lipinski definition) is 3. The predicted molar refractivity (Wildman–Crippen MR) is 78.0 cm³/mol. The molecule has 0 radical (unpaired) electrons. The molecule has 0 aliphatic heterocycles. The van der Waals surface area contributed by atoms with Crippen LogP contribution < -0.4 is 10.1 Å². The largest absolute Gasteiger partial charge is 0.481 e. The van der Waals surface area contributed by atoms with Crippen LogP contribution in [-0.2, 0) is 7.05 Å². The quantitative estimate of drug-likeness (QED) is 0.920. The zero-order valence-electron chi connectivity index (χ0n) is 13.1. The lowest BCUT2D eigenvalue weighted by Crippen LogP contribution is -2.34. The minimum Gasteiger partial charge on any atom is -0.481 e. The molecular formula is C15H25N3O2. The van der Waals surface area contributed by atoms with Crippen molar-refractivity contribution in [2.75, 3.05) is 13.7 Å². The van der Waals surface area contributed by atoms with Gasteiger partial charge < -0.3 is 10.1 Å². The average Bonchev–Trinajstić information content (AvgIpc) is 2.85. The topological polar surface area (TPSA) is 56.1 Å². The van der Waals surface area contributed by atoms with E-state index in [4.69, 9.17) is 4.74 Å². The first kappa shape index (κ1) is 14.9. The van der Waals surface area contributed by atoms with Gasteiger partial charge in [0, 0.05) is 13.6 Å². The zero-order chi connectivity index (χ0) is 14.9. The molecule has 1 unspecified atom stereocenters. The summed E-state index contributed by atoms with van der Waals surface area (Å²) in [6.45, 7) is 7.12. The van der Waals surface area contributed by atoms with Crippen LogP contribution >= 0.6 is 0 Å². The van der Waals surface area contributed by atoms with Gasteiger partial charge in [-0.2, -0.15) is 5.10 Å². The molecule has 1 saturated carbocycles. The Morgan fingerprint density at radius 2 is 2.25 bits per heavy atom. The Balaban J connectivity index is 2.06. The first-order valence-corrected chi connectivity index (χ1v) is 7.22. The lowest BCUT2D eigenvalue weighted by Gasteiger charge is -2.27. The number of carbonyl (C=O) groups excluding carboxylic acids is 1. The van der Waals surface area contributed by atoms with Crippen LogP contribution in [0.1, 0.15) is 49.2 Å². The minimum absolute atomic E-state index is 0.0878. The summed E-state index contributed by atoms with van der Waals surface area (Å²) < 4.78 is 6.87. The number of carbonyl (C=O) groups is 1. The van der Waals surface area contributed by atoms with Crippen molar-refractivity contribution < 1.29 is 9.53 Å². The second-order valence-corrected chi connectivity index (χ2v) is 6.38. The summed E-state index contributed by atoms with van der Waals surface area (Å²) in [5.74, 6) is 0.982. The molecule has 1 aliphatic carbocycles. The molecule has 112 valence electrons. The van der Waals surface area contributed by atoms with Crippen molar-refractivity contribution in [3.05, 3.63) is 11.3 Å². The van der Waals surface area contributed by atoms with Gasteiger partial charge in [0.15, 0.2) is 0 Å². The van der Waals surface area contributed by atoms with E-state index in [0.717, 1.165) is 6.54 Å². The second-order valence-electron chi connectivity index (χ2n) is 6.38. The Morgan fingerprint density at radius 1 is 1.55 bits per heavy atom. The average molecular weight is 279 g/mol. The standard InChI is InChI=1S/C15H25N3O2/c1-10-12(14(20-5)18(4)17-10)13(19)16-9-11-7-6-8-15(11,2)3/h11H,6-9H2,1-5H3,(H,16,19). The van der Waals surface area contributed by atoms with Crippen LogP contribution in [0.2, 0.25) is 0 Å². The molecule has 20 heavy (non-hydrogen) atoms. The third kappa shape index (κ3) is 2.67. The van der Waals surface area contributed by atoms with E-state index in [9.17, 15) is 4.79 Å². The first-order valence-electron chi connectivity index (χ1n) is 7.22. The van der Waals surface area contributed by atoms with Gasteiger partial charge in [0.05, 0.1) is 12.8 Å². The summed E-state index contributed by atoms with van der Waals surface area (Å²) in [5.41, 5.74) is 1.57. The van der Waals surface area contributed by atoms with Crippen molar-refractivity contribution >= 4 is 5.91 Å². The molecular weight excluding hydrogens is 254 g/mol. The number of nitrogens with one attached hydrogen (secondary N) is 1. The maximum atomic E-state index is 12.4. The van der Waals surface area contributed by atoms with Crippen molar-refractivity contribution in [2.24, 2.45) is 18.4 Å². The van der Waals surface area contributed by atoms with E-state index in [-0.39, 0.29) is 5.91 Å². The number of amides is 1. The van der Waals surface area contributed by atoms with Gasteiger partial charge in [0.2, 0.25) is 5.88 Å². The Labute approximate surface area is 120 Å². The fourth-order valence-corrected chi connectivity index (χ4v) is 3.21. The summed E-state index contributed by atoms with van der Waals surface area (Å²) in [5, 5.41) is 7.30. The molecule has 0 spiro atoms. The molecule has 5 heteroatoms. The third-order valence-corrected chi connectivity index (χ3v) is 4.58.